The third kappa shape index (κ3) is 3.37. The van der Waals surface area contributed by atoms with Crippen LogP contribution in [-0.4, -0.2) is 13.7 Å². The van der Waals surface area contributed by atoms with Crippen LogP contribution in [0.15, 0.2) is 29.6 Å². The van der Waals surface area contributed by atoms with Crippen molar-refractivity contribution in [3.05, 3.63) is 45.4 Å². The lowest BCUT2D eigenvalue weighted by molar-refractivity contribution is 0.387. The summed E-state index contributed by atoms with van der Waals surface area (Å²) in [6.07, 6.45) is 0. The maximum Gasteiger partial charge on any atom is 0.165 e. The molecule has 2 rings (SSSR count). The lowest BCUT2D eigenvalue weighted by Crippen LogP contribution is -2.19. The zero-order valence-electron chi connectivity index (χ0n) is 10.3. The zero-order valence-corrected chi connectivity index (χ0v) is 11.9. The number of benzene rings is 1. The summed E-state index contributed by atoms with van der Waals surface area (Å²) in [7, 11) is 1.43. The SMILES string of the molecule is COc1cc(NC(CN)c2cc(Cl)cs2)ccc1F. The summed E-state index contributed by atoms with van der Waals surface area (Å²) in [5.41, 5.74) is 6.51. The number of methoxy groups -OCH3 is 1. The number of thiophene rings is 1. The quantitative estimate of drug-likeness (QED) is 0.886. The monoisotopic (exact) mass is 300 g/mol. The van der Waals surface area contributed by atoms with Gasteiger partial charge in [-0.05, 0) is 18.2 Å². The molecule has 0 spiro atoms. The molecule has 0 saturated carbocycles. The van der Waals surface area contributed by atoms with E-state index in [0.29, 0.717) is 11.6 Å². The Balaban J connectivity index is 2.18. The number of hydrogen-bond acceptors (Lipinski definition) is 4. The van der Waals surface area contributed by atoms with E-state index in [-0.39, 0.29) is 11.8 Å². The molecule has 1 aromatic heterocycles. The molecule has 0 aliphatic rings. The third-order valence-electron chi connectivity index (χ3n) is 2.66. The van der Waals surface area contributed by atoms with E-state index >= 15 is 0 Å². The summed E-state index contributed by atoms with van der Waals surface area (Å²) in [5.74, 6) is -0.193. The highest BCUT2D eigenvalue weighted by molar-refractivity contribution is 7.10. The topological polar surface area (TPSA) is 47.3 Å². The van der Waals surface area contributed by atoms with Gasteiger partial charge in [0.25, 0.3) is 0 Å². The summed E-state index contributed by atoms with van der Waals surface area (Å²) < 4.78 is 18.3. The van der Waals surface area contributed by atoms with Gasteiger partial charge in [-0.15, -0.1) is 11.3 Å². The molecular weight excluding hydrogens is 287 g/mol. The van der Waals surface area contributed by atoms with Crippen molar-refractivity contribution in [3.63, 3.8) is 0 Å². The Labute approximate surface area is 120 Å². The third-order valence-corrected chi connectivity index (χ3v) is 4.05. The van der Waals surface area contributed by atoms with Crippen molar-refractivity contribution in [2.24, 2.45) is 5.73 Å². The highest BCUT2D eigenvalue weighted by Gasteiger charge is 2.13. The molecule has 19 heavy (non-hydrogen) atoms. The summed E-state index contributed by atoms with van der Waals surface area (Å²) in [6, 6.07) is 6.42. The van der Waals surface area contributed by atoms with E-state index < -0.39 is 5.82 Å². The molecule has 3 N–H and O–H groups in total. The first-order chi connectivity index (χ1) is 9.13. The van der Waals surface area contributed by atoms with E-state index in [1.165, 1.54) is 24.5 Å². The van der Waals surface area contributed by atoms with Gasteiger partial charge in [0.1, 0.15) is 0 Å². The number of nitrogens with one attached hydrogen (secondary N) is 1. The molecule has 0 aliphatic carbocycles. The highest BCUT2D eigenvalue weighted by Crippen LogP contribution is 2.29. The lowest BCUT2D eigenvalue weighted by Gasteiger charge is -2.17. The molecule has 6 heteroatoms. The lowest BCUT2D eigenvalue weighted by atomic mass is 10.2. The molecular formula is C13H14ClFN2OS. The molecule has 0 fully saturated rings. The standard InChI is InChI=1S/C13H14ClFN2OS/c1-18-12-5-9(2-3-10(12)15)17-11(6-16)13-4-8(14)7-19-13/h2-5,7,11,17H,6,16H2,1H3. The molecule has 0 saturated heterocycles. The predicted molar refractivity (Wildman–Crippen MR) is 77.7 cm³/mol. The van der Waals surface area contributed by atoms with Crippen LogP contribution < -0.4 is 15.8 Å². The second kappa shape index (κ2) is 6.23. The van der Waals surface area contributed by atoms with Crippen molar-refractivity contribution < 1.29 is 9.13 Å². The summed E-state index contributed by atoms with van der Waals surface area (Å²) in [6.45, 7) is 0.413. The minimum atomic E-state index is -0.392. The molecule has 3 nitrogen and oxygen atoms in total. The second-order valence-corrected chi connectivity index (χ2v) is 5.33. The Morgan fingerprint density at radius 2 is 2.26 bits per heavy atom. The zero-order chi connectivity index (χ0) is 13.8. The van der Waals surface area contributed by atoms with Crippen LogP contribution in [0.1, 0.15) is 10.9 Å². The smallest absolute Gasteiger partial charge is 0.165 e. The number of hydrogen-bond donors (Lipinski definition) is 2. The molecule has 0 amide bonds. The number of halogens is 2. The van der Waals surface area contributed by atoms with Gasteiger partial charge in [0.05, 0.1) is 18.2 Å². The first-order valence-electron chi connectivity index (χ1n) is 5.68. The van der Waals surface area contributed by atoms with Crippen LogP contribution in [0.5, 0.6) is 5.75 Å². The van der Waals surface area contributed by atoms with Crippen LogP contribution in [0.4, 0.5) is 10.1 Å². The van der Waals surface area contributed by atoms with E-state index in [1.54, 1.807) is 12.1 Å². The average molecular weight is 301 g/mol. The van der Waals surface area contributed by atoms with Crippen molar-refractivity contribution in [1.82, 2.24) is 0 Å². The molecule has 1 atom stereocenters. The Morgan fingerprint density at radius 3 is 2.84 bits per heavy atom. The van der Waals surface area contributed by atoms with E-state index in [2.05, 4.69) is 5.32 Å². The maximum absolute atomic E-state index is 13.3. The summed E-state index contributed by atoms with van der Waals surface area (Å²) in [5, 5.41) is 5.79. The van der Waals surface area contributed by atoms with Crippen LogP contribution in [-0.2, 0) is 0 Å². The first-order valence-corrected chi connectivity index (χ1v) is 6.94. The summed E-state index contributed by atoms with van der Waals surface area (Å²) in [4.78, 5) is 1.04. The molecule has 1 unspecified atom stereocenters. The van der Waals surface area contributed by atoms with E-state index in [4.69, 9.17) is 22.1 Å². The number of ether oxygens (including phenoxy) is 1. The van der Waals surface area contributed by atoms with Gasteiger partial charge in [0.2, 0.25) is 0 Å². The van der Waals surface area contributed by atoms with Gasteiger partial charge in [0.15, 0.2) is 11.6 Å². The van der Waals surface area contributed by atoms with E-state index in [1.807, 2.05) is 11.4 Å². The van der Waals surface area contributed by atoms with Crippen molar-refractivity contribution in [1.29, 1.82) is 0 Å². The minimum absolute atomic E-state index is 0.0623. The van der Waals surface area contributed by atoms with Crippen molar-refractivity contribution in [2.75, 3.05) is 19.0 Å². The Morgan fingerprint density at radius 1 is 1.47 bits per heavy atom. The number of anilines is 1. The normalized spacial score (nSPS) is 12.2. The van der Waals surface area contributed by atoms with Crippen molar-refractivity contribution >= 4 is 28.6 Å². The minimum Gasteiger partial charge on any atom is -0.494 e. The fourth-order valence-corrected chi connectivity index (χ4v) is 2.85. The van der Waals surface area contributed by atoms with Crippen LogP contribution >= 0.6 is 22.9 Å². The van der Waals surface area contributed by atoms with Crippen LogP contribution in [0.25, 0.3) is 0 Å². The molecule has 1 aromatic carbocycles. The molecule has 102 valence electrons. The van der Waals surface area contributed by atoms with Gasteiger partial charge < -0.3 is 15.8 Å². The molecule has 0 radical (unpaired) electrons. The van der Waals surface area contributed by atoms with Crippen LogP contribution in [0.2, 0.25) is 5.02 Å². The van der Waals surface area contributed by atoms with Crippen molar-refractivity contribution in [2.45, 2.75) is 6.04 Å². The Kier molecular flexibility index (Phi) is 4.63. The molecule has 0 aliphatic heterocycles. The fourth-order valence-electron chi connectivity index (χ4n) is 1.71. The van der Waals surface area contributed by atoms with Gasteiger partial charge in [-0.1, -0.05) is 11.6 Å². The van der Waals surface area contributed by atoms with Crippen molar-refractivity contribution in [3.8, 4) is 5.75 Å². The number of rotatable bonds is 5. The molecule has 2 aromatic rings. The second-order valence-electron chi connectivity index (χ2n) is 3.95. The Bertz CT molecular complexity index is 561. The van der Waals surface area contributed by atoms with E-state index in [9.17, 15) is 4.39 Å². The van der Waals surface area contributed by atoms with Gasteiger partial charge >= 0.3 is 0 Å². The Hall–Kier alpha value is -1.30. The van der Waals surface area contributed by atoms with Gasteiger partial charge in [0, 0.05) is 28.6 Å². The first kappa shape index (κ1) is 14.1. The summed E-state index contributed by atoms with van der Waals surface area (Å²) >= 11 is 7.44. The number of nitrogens with two attached hydrogens (primary N) is 1. The largest absolute Gasteiger partial charge is 0.494 e. The van der Waals surface area contributed by atoms with Gasteiger partial charge in [-0.25, -0.2) is 4.39 Å². The predicted octanol–water partition coefficient (Wildman–Crippen LogP) is 3.66. The molecule has 0 bridgehead atoms. The van der Waals surface area contributed by atoms with Gasteiger partial charge in [-0.3, -0.25) is 0 Å². The van der Waals surface area contributed by atoms with E-state index in [0.717, 1.165) is 10.6 Å². The molecule has 1 heterocycles. The highest BCUT2D eigenvalue weighted by atomic mass is 35.5. The average Bonchev–Trinajstić information content (AvgIpc) is 2.84. The fraction of sp³-hybridized carbons (Fsp3) is 0.231. The van der Waals surface area contributed by atoms with Gasteiger partial charge in [-0.2, -0.15) is 0 Å². The van der Waals surface area contributed by atoms with Crippen LogP contribution in [0, 0.1) is 5.82 Å². The van der Waals surface area contributed by atoms with Crippen LogP contribution in [0.3, 0.4) is 0 Å². The maximum atomic E-state index is 13.3.